The van der Waals surface area contributed by atoms with Crippen LogP contribution >= 0.6 is 0 Å². The van der Waals surface area contributed by atoms with E-state index in [0.717, 1.165) is 33.3 Å². The molecule has 0 atom stereocenters. The Morgan fingerprint density at radius 1 is 1.15 bits per heavy atom. The van der Waals surface area contributed by atoms with Gasteiger partial charge in [-0.3, -0.25) is 9.78 Å². The van der Waals surface area contributed by atoms with Crippen molar-refractivity contribution in [2.75, 3.05) is 26.0 Å². The molecule has 0 radical (unpaired) electrons. The summed E-state index contributed by atoms with van der Waals surface area (Å²) in [7, 11) is 5.82. The molecule has 0 fully saturated rings. The van der Waals surface area contributed by atoms with Crippen LogP contribution in [0, 0.1) is 11.3 Å². The lowest BCUT2D eigenvalue weighted by atomic mass is 10.0. The molecule has 1 amide bonds. The Bertz CT molecular complexity index is 1400. The molecule has 0 aliphatic carbocycles. The van der Waals surface area contributed by atoms with Crippen molar-refractivity contribution < 1.29 is 4.79 Å². The molecule has 164 valence electrons. The van der Waals surface area contributed by atoms with Gasteiger partial charge in [0.2, 0.25) is 5.91 Å². The number of carbonyl (C=O) groups excluding carboxylic acids is 1. The molecule has 8 heteroatoms. The topological polar surface area (TPSA) is 99.7 Å². The van der Waals surface area contributed by atoms with Crippen molar-refractivity contribution in [3.8, 4) is 28.3 Å². The third-order valence-electron chi connectivity index (χ3n) is 5.08. The van der Waals surface area contributed by atoms with Gasteiger partial charge in [-0.2, -0.15) is 5.26 Å². The minimum absolute atomic E-state index is 0.208. The summed E-state index contributed by atoms with van der Waals surface area (Å²) in [5, 5.41) is 13.0. The molecule has 0 aliphatic rings. The van der Waals surface area contributed by atoms with Crippen LogP contribution in [-0.4, -0.2) is 51.0 Å². The summed E-state index contributed by atoms with van der Waals surface area (Å²) in [5.41, 5.74) is 5.36. The van der Waals surface area contributed by atoms with Crippen molar-refractivity contribution in [2.24, 2.45) is 7.05 Å². The number of nitrogens with one attached hydrogen (secondary N) is 1. The highest BCUT2D eigenvalue weighted by molar-refractivity contribution is 6.00. The van der Waals surface area contributed by atoms with Gasteiger partial charge in [0.25, 0.3) is 0 Å². The monoisotopic (exact) mass is 437 g/mol. The SMILES string of the molecule is CN(C)C/C=C/C(=O)Nc1cncc(-c2cnc3c(c2)c(-c2ccnc(C#N)c2)cn3C)c1. The third-order valence-corrected chi connectivity index (χ3v) is 5.08. The lowest BCUT2D eigenvalue weighted by Crippen LogP contribution is -2.13. The van der Waals surface area contributed by atoms with E-state index in [1.807, 2.05) is 55.0 Å². The molecule has 8 nitrogen and oxygen atoms in total. The lowest BCUT2D eigenvalue weighted by molar-refractivity contribution is -0.111. The van der Waals surface area contributed by atoms with E-state index in [2.05, 4.69) is 26.3 Å². The van der Waals surface area contributed by atoms with Gasteiger partial charge in [-0.1, -0.05) is 6.08 Å². The van der Waals surface area contributed by atoms with Crippen molar-refractivity contribution >= 4 is 22.6 Å². The molecule has 0 saturated carbocycles. The summed E-state index contributed by atoms with van der Waals surface area (Å²) >= 11 is 0. The second-order valence-corrected chi connectivity index (χ2v) is 7.91. The number of nitriles is 1. The second kappa shape index (κ2) is 9.42. The number of anilines is 1. The number of aryl methyl sites for hydroxylation is 1. The van der Waals surface area contributed by atoms with Crippen LogP contribution in [0.2, 0.25) is 0 Å². The molecular formula is C25H23N7O. The fraction of sp³-hybridized carbons (Fsp3) is 0.160. The van der Waals surface area contributed by atoms with E-state index in [-0.39, 0.29) is 5.91 Å². The fourth-order valence-corrected chi connectivity index (χ4v) is 3.53. The van der Waals surface area contributed by atoms with Crippen molar-refractivity contribution in [3.63, 3.8) is 0 Å². The van der Waals surface area contributed by atoms with Gasteiger partial charge in [0.1, 0.15) is 17.4 Å². The number of aromatic nitrogens is 4. The Morgan fingerprint density at radius 2 is 1.97 bits per heavy atom. The summed E-state index contributed by atoms with van der Waals surface area (Å²) in [6, 6.07) is 9.65. The number of likely N-dealkylation sites (N-methyl/N-ethyl adjacent to an activating group) is 1. The summed E-state index contributed by atoms with van der Waals surface area (Å²) in [6.07, 6.45) is 12.1. The Balaban J connectivity index is 1.67. The predicted octanol–water partition coefficient (Wildman–Crippen LogP) is 3.63. The summed E-state index contributed by atoms with van der Waals surface area (Å²) in [4.78, 5) is 27.2. The summed E-state index contributed by atoms with van der Waals surface area (Å²) < 4.78 is 1.95. The molecular weight excluding hydrogens is 414 g/mol. The van der Waals surface area contributed by atoms with Crippen LogP contribution in [0.3, 0.4) is 0 Å². The van der Waals surface area contributed by atoms with Gasteiger partial charge >= 0.3 is 0 Å². The highest BCUT2D eigenvalue weighted by atomic mass is 16.1. The largest absolute Gasteiger partial charge is 0.335 e. The van der Waals surface area contributed by atoms with Gasteiger partial charge in [-0.15, -0.1) is 0 Å². The first-order chi connectivity index (χ1) is 15.9. The smallest absolute Gasteiger partial charge is 0.248 e. The first-order valence-electron chi connectivity index (χ1n) is 10.3. The van der Waals surface area contributed by atoms with Crippen LogP contribution in [0.4, 0.5) is 5.69 Å². The van der Waals surface area contributed by atoms with Crippen molar-refractivity contribution in [1.82, 2.24) is 24.4 Å². The molecule has 0 aromatic carbocycles. The standard InChI is InChI=1S/C25H23N7O/c1-31(2)8-4-5-24(33)30-21-10-18(13-27-15-21)19-11-22-23(16-32(3)25(22)29-14-19)17-6-7-28-20(9-17)12-26/h4-7,9-11,13-16H,8H2,1-3H3,(H,30,33)/b5-4+. The number of hydrogen-bond acceptors (Lipinski definition) is 6. The van der Waals surface area contributed by atoms with E-state index >= 15 is 0 Å². The van der Waals surface area contributed by atoms with Gasteiger partial charge in [-0.05, 0) is 43.9 Å². The maximum Gasteiger partial charge on any atom is 0.248 e. The van der Waals surface area contributed by atoms with Crippen LogP contribution in [0.5, 0.6) is 0 Å². The van der Waals surface area contributed by atoms with E-state index in [4.69, 9.17) is 0 Å². The number of fused-ring (bicyclic) bond motifs is 1. The lowest BCUT2D eigenvalue weighted by Gasteiger charge is -2.07. The normalized spacial score (nSPS) is 11.2. The number of pyridine rings is 3. The molecule has 4 aromatic rings. The van der Waals surface area contributed by atoms with Gasteiger partial charge in [0.15, 0.2) is 0 Å². The Hall–Kier alpha value is -4.35. The zero-order valence-electron chi connectivity index (χ0n) is 18.6. The van der Waals surface area contributed by atoms with E-state index in [9.17, 15) is 10.1 Å². The van der Waals surface area contributed by atoms with Crippen molar-refractivity contribution in [2.45, 2.75) is 0 Å². The van der Waals surface area contributed by atoms with Crippen LogP contribution < -0.4 is 5.32 Å². The summed E-state index contributed by atoms with van der Waals surface area (Å²) in [6.45, 7) is 0.685. The number of carbonyl (C=O) groups is 1. The molecule has 0 aliphatic heterocycles. The van der Waals surface area contributed by atoms with Gasteiger partial charge < -0.3 is 14.8 Å². The molecule has 4 aromatic heterocycles. The molecule has 4 rings (SSSR count). The predicted molar refractivity (Wildman–Crippen MR) is 128 cm³/mol. The Kier molecular flexibility index (Phi) is 6.24. The zero-order chi connectivity index (χ0) is 23.4. The van der Waals surface area contributed by atoms with E-state index in [0.29, 0.717) is 17.9 Å². The van der Waals surface area contributed by atoms with E-state index in [1.165, 1.54) is 6.08 Å². The first kappa shape index (κ1) is 21.9. The van der Waals surface area contributed by atoms with Crippen LogP contribution in [0.25, 0.3) is 33.3 Å². The molecule has 0 unspecified atom stereocenters. The second-order valence-electron chi connectivity index (χ2n) is 7.91. The quantitative estimate of drug-likeness (QED) is 0.463. The van der Waals surface area contributed by atoms with E-state index < -0.39 is 0 Å². The molecule has 0 spiro atoms. The molecule has 0 saturated heterocycles. The zero-order valence-corrected chi connectivity index (χ0v) is 18.6. The van der Waals surface area contributed by atoms with Gasteiger partial charge in [0, 0.05) is 66.5 Å². The third kappa shape index (κ3) is 4.95. The number of amides is 1. The number of nitrogens with zero attached hydrogens (tertiary/aromatic N) is 6. The number of rotatable bonds is 6. The minimum atomic E-state index is -0.208. The van der Waals surface area contributed by atoms with E-state index in [1.54, 1.807) is 36.9 Å². The highest BCUT2D eigenvalue weighted by Gasteiger charge is 2.13. The van der Waals surface area contributed by atoms with Crippen molar-refractivity contribution in [3.05, 3.63) is 73.1 Å². The minimum Gasteiger partial charge on any atom is -0.335 e. The number of hydrogen-bond donors (Lipinski definition) is 1. The first-order valence-corrected chi connectivity index (χ1v) is 10.3. The van der Waals surface area contributed by atoms with Gasteiger partial charge in [0.05, 0.1) is 11.9 Å². The Morgan fingerprint density at radius 3 is 2.76 bits per heavy atom. The maximum absolute atomic E-state index is 12.2. The average molecular weight is 438 g/mol. The van der Waals surface area contributed by atoms with Crippen LogP contribution in [0.1, 0.15) is 5.69 Å². The highest BCUT2D eigenvalue weighted by Crippen LogP contribution is 2.32. The molecule has 4 heterocycles. The fourth-order valence-electron chi connectivity index (χ4n) is 3.53. The Labute approximate surface area is 191 Å². The molecule has 33 heavy (non-hydrogen) atoms. The maximum atomic E-state index is 12.2. The van der Waals surface area contributed by atoms with Crippen molar-refractivity contribution in [1.29, 1.82) is 5.26 Å². The molecule has 0 bridgehead atoms. The van der Waals surface area contributed by atoms with Gasteiger partial charge in [-0.25, -0.2) is 9.97 Å². The average Bonchev–Trinajstić information content (AvgIpc) is 3.15. The van der Waals surface area contributed by atoms with Crippen LogP contribution in [0.15, 0.2) is 67.4 Å². The summed E-state index contributed by atoms with van der Waals surface area (Å²) in [5.74, 6) is -0.208. The molecule has 1 N–H and O–H groups in total. The van der Waals surface area contributed by atoms with Crippen LogP contribution in [-0.2, 0) is 11.8 Å².